The van der Waals surface area contributed by atoms with E-state index in [2.05, 4.69) is 4.98 Å². The van der Waals surface area contributed by atoms with E-state index in [1.807, 2.05) is 49.1 Å². The molecule has 146 valence electrons. The van der Waals surface area contributed by atoms with E-state index >= 15 is 0 Å². The molecule has 28 heavy (non-hydrogen) atoms. The number of hydrogen-bond acceptors (Lipinski definition) is 4. The van der Waals surface area contributed by atoms with Crippen molar-refractivity contribution in [3.05, 3.63) is 63.0 Å². The van der Waals surface area contributed by atoms with Gasteiger partial charge >= 0.3 is 0 Å². The minimum atomic E-state index is -0.587. The van der Waals surface area contributed by atoms with Gasteiger partial charge in [0.1, 0.15) is 4.83 Å². The third-order valence-corrected chi connectivity index (χ3v) is 7.02. The zero-order valence-corrected chi connectivity index (χ0v) is 17.5. The molecule has 5 nitrogen and oxygen atoms in total. The summed E-state index contributed by atoms with van der Waals surface area (Å²) in [4.78, 5) is 34.1. The summed E-state index contributed by atoms with van der Waals surface area (Å²) in [5, 5.41) is 0.710. The molecule has 0 bridgehead atoms. The van der Waals surface area contributed by atoms with Crippen molar-refractivity contribution >= 4 is 39.1 Å². The first-order valence-corrected chi connectivity index (χ1v) is 10.6. The van der Waals surface area contributed by atoms with E-state index in [9.17, 15) is 9.59 Å². The van der Waals surface area contributed by atoms with Crippen LogP contribution in [-0.4, -0.2) is 32.8 Å². The van der Waals surface area contributed by atoms with Crippen LogP contribution >= 0.6 is 22.9 Å². The summed E-state index contributed by atoms with van der Waals surface area (Å²) in [6.45, 7) is 5.36. The second-order valence-corrected chi connectivity index (χ2v) is 9.19. The predicted molar refractivity (Wildman–Crippen MR) is 113 cm³/mol. The first kappa shape index (κ1) is 19.2. The molecule has 0 atom stereocenters. The van der Waals surface area contributed by atoms with Gasteiger partial charge in [0.05, 0.1) is 30.2 Å². The summed E-state index contributed by atoms with van der Waals surface area (Å²) in [6.07, 6.45) is 2.30. The highest BCUT2D eigenvalue weighted by Gasteiger charge is 2.34. The lowest BCUT2D eigenvalue weighted by Crippen LogP contribution is -2.44. The highest BCUT2D eigenvalue weighted by Crippen LogP contribution is 2.34. The van der Waals surface area contributed by atoms with E-state index in [-0.39, 0.29) is 17.3 Å². The molecule has 0 aliphatic carbocycles. The Morgan fingerprint density at radius 1 is 1.29 bits per heavy atom. The molecule has 7 heteroatoms. The molecule has 1 aromatic carbocycles. The Morgan fingerprint density at radius 2 is 2.04 bits per heavy atom. The molecule has 0 unspecified atom stereocenters. The number of carbonyl (C=O) groups is 1. The lowest BCUT2D eigenvalue weighted by Gasteiger charge is -2.33. The van der Waals surface area contributed by atoms with Crippen molar-refractivity contribution in [2.24, 2.45) is 5.41 Å². The number of halogens is 1. The van der Waals surface area contributed by atoms with Gasteiger partial charge in [-0.05, 0) is 31.4 Å². The Kier molecular flexibility index (Phi) is 5.02. The van der Waals surface area contributed by atoms with Gasteiger partial charge in [-0.2, -0.15) is 0 Å². The maximum atomic E-state index is 13.1. The molecule has 2 aromatic heterocycles. The van der Waals surface area contributed by atoms with Crippen molar-refractivity contribution in [1.82, 2.24) is 14.5 Å². The smallest absolute Gasteiger partial charge is 0.262 e. The molecule has 4 rings (SSSR count). The van der Waals surface area contributed by atoms with Crippen LogP contribution in [0.4, 0.5) is 0 Å². The quantitative estimate of drug-likeness (QED) is 0.611. The molecule has 1 aliphatic rings. The van der Waals surface area contributed by atoms with Crippen molar-refractivity contribution in [3.63, 3.8) is 0 Å². The van der Waals surface area contributed by atoms with E-state index in [0.29, 0.717) is 31.4 Å². The largest absolute Gasteiger partial charge is 0.337 e. The monoisotopic (exact) mass is 415 g/mol. The van der Waals surface area contributed by atoms with Crippen molar-refractivity contribution in [3.8, 4) is 0 Å². The van der Waals surface area contributed by atoms with Gasteiger partial charge < -0.3 is 4.90 Å². The number of rotatable bonds is 4. The Balaban J connectivity index is 1.68. The number of nitrogens with zero attached hydrogens (tertiary/aromatic N) is 3. The number of thiophene rings is 1. The Hall–Kier alpha value is -2.18. The van der Waals surface area contributed by atoms with Gasteiger partial charge in [-0.1, -0.05) is 30.3 Å². The summed E-state index contributed by atoms with van der Waals surface area (Å²) < 4.78 is 1.67. The van der Waals surface area contributed by atoms with Gasteiger partial charge in [0.2, 0.25) is 5.91 Å². The fraction of sp³-hybridized carbons (Fsp3) is 0.381. The number of carbonyl (C=O) groups excluding carboxylic acids is 1. The van der Waals surface area contributed by atoms with Crippen molar-refractivity contribution < 1.29 is 4.79 Å². The third-order valence-electron chi connectivity index (χ3n) is 5.22. The molecule has 0 radical (unpaired) electrons. The van der Waals surface area contributed by atoms with Crippen LogP contribution in [0.25, 0.3) is 10.2 Å². The number of hydrogen-bond donors (Lipinski definition) is 0. The summed E-state index contributed by atoms with van der Waals surface area (Å²) in [7, 11) is 0. The lowest BCUT2D eigenvalue weighted by atomic mass is 9.93. The maximum absolute atomic E-state index is 13.1. The van der Waals surface area contributed by atoms with Gasteiger partial charge in [-0.3, -0.25) is 14.2 Å². The summed E-state index contributed by atoms with van der Waals surface area (Å²) in [6, 6.07) is 9.89. The normalized spacial score (nSPS) is 14.3. The standard InChI is InChI=1S/C21H22ClN3O2S/c1-21(2,12-22)20(27)24-9-8-15-16(11-24)28-18-17(15)19(26)25(13-23-18)10-14-6-4-3-5-7-14/h3-7,13H,8-12H2,1-2H3. The number of fused-ring (bicyclic) bond motifs is 3. The van der Waals surface area contributed by atoms with E-state index in [1.165, 1.54) is 11.3 Å². The van der Waals surface area contributed by atoms with E-state index < -0.39 is 5.41 Å². The molecule has 3 heterocycles. The van der Waals surface area contributed by atoms with Crippen molar-refractivity contribution in [1.29, 1.82) is 0 Å². The second-order valence-electron chi connectivity index (χ2n) is 7.84. The van der Waals surface area contributed by atoms with Gasteiger partial charge in [0.25, 0.3) is 5.56 Å². The minimum absolute atomic E-state index is 0.00721. The van der Waals surface area contributed by atoms with Crippen LogP contribution < -0.4 is 5.56 Å². The van der Waals surface area contributed by atoms with Crippen LogP contribution in [0.5, 0.6) is 0 Å². The van der Waals surface area contributed by atoms with Gasteiger partial charge in [0, 0.05) is 17.3 Å². The predicted octanol–water partition coefficient (Wildman–Crippen LogP) is 3.66. The van der Waals surface area contributed by atoms with Crippen molar-refractivity contribution in [2.75, 3.05) is 12.4 Å². The van der Waals surface area contributed by atoms with Gasteiger partial charge in [-0.15, -0.1) is 22.9 Å². The summed E-state index contributed by atoms with van der Waals surface area (Å²) in [5.74, 6) is 0.341. The molecule has 0 saturated heterocycles. The number of alkyl halides is 1. The number of benzene rings is 1. The number of amides is 1. The Morgan fingerprint density at radius 3 is 2.75 bits per heavy atom. The Labute approximate surface area is 172 Å². The average molecular weight is 416 g/mol. The van der Waals surface area contributed by atoms with Crippen LogP contribution in [0.1, 0.15) is 29.9 Å². The highest BCUT2D eigenvalue weighted by atomic mass is 35.5. The summed E-state index contributed by atoms with van der Waals surface area (Å²) in [5.41, 5.74) is 1.52. The zero-order chi connectivity index (χ0) is 19.9. The van der Waals surface area contributed by atoms with Gasteiger partial charge in [-0.25, -0.2) is 4.98 Å². The molecule has 0 fully saturated rings. The van der Waals surface area contributed by atoms with Crippen LogP contribution in [0, 0.1) is 5.41 Å². The van der Waals surface area contributed by atoms with Crippen molar-refractivity contribution in [2.45, 2.75) is 33.4 Å². The molecule has 3 aromatic rings. The SMILES string of the molecule is CC(C)(CCl)C(=O)N1CCc2c(sc3ncn(Cc4ccccc4)c(=O)c23)C1. The fourth-order valence-corrected chi connectivity index (χ4v) is 4.88. The zero-order valence-electron chi connectivity index (χ0n) is 15.9. The molecule has 1 aliphatic heterocycles. The van der Waals surface area contributed by atoms with Gasteiger partial charge in [0.15, 0.2) is 0 Å². The average Bonchev–Trinajstić information content (AvgIpc) is 3.08. The fourth-order valence-electron chi connectivity index (χ4n) is 3.57. The van der Waals surface area contributed by atoms with E-state index in [0.717, 1.165) is 20.8 Å². The first-order valence-electron chi connectivity index (χ1n) is 9.29. The first-order chi connectivity index (χ1) is 13.4. The molecular formula is C21H22ClN3O2S. The van der Waals surface area contributed by atoms with Crippen LogP contribution in [0.15, 0.2) is 41.5 Å². The molecule has 0 saturated carbocycles. The van der Waals surface area contributed by atoms with Crippen LogP contribution in [-0.2, 0) is 24.3 Å². The third kappa shape index (κ3) is 3.35. The molecular weight excluding hydrogens is 394 g/mol. The van der Waals surface area contributed by atoms with E-state index in [1.54, 1.807) is 10.9 Å². The Bertz CT molecular complexity index is 1090. The summed E-state index contributed by atoms with van der Waals surface area (Å²) >= 11 is 7.49. The second kappa shape index (κ2) is 7.33. The topological polar surface area (TPSA) is 55.2 Å². The molecule has 1 amide bonds. The maximum Gasteiger partial charge on any atom is 0.262 e. The lowest BCUT2D eigenvalue weighted by molar-refractivity contribution is -0.140. The van der Waals surface area contributed by atoms with Crippen LogP contribution in [0.2, 0.25) is 0 Å². The van der Waals surface area contributed by atoms with Crippen LogP contribution in [0.3, 0.4) is 0 Å². The minimum Gasteiger partial charge on any atom is -0.337 e. The highest BCUT2D eigenvalue weighted by molar-refractivity contribution is 7.18. The number of aromatic nitrogens is 2. The molecule has 0 spiro atoms. The van der Waals surface area contributed by atoms with E-state index in [4.69, 9.17) is 11.6 Å². The molecule has 0 N–H and O–H groups in total.